The number of carbonyl (C=O) groups is 1. The van der Waals surface area contributed by atoms with Gasteiger partial charge in [0.15, 0.2) is 0 Å². The summed E-state index contributed by atoms with van der Waals surface area (Å²) in [7, 11) is 0. The van der Waals surface area contributed by atoms with Crippen molar-refractivity contribution in [1.29, 1.82) is 0 Å². The van der Waals surface area contributed by atoms with E-state index in [9.17, 15) is 4.79 Å². The van der Waals surface area contributed by atoms with Crippen molar-refractivity contribution >= 4 is 28.9 Å². The summed E-state index contributed by atoms with van der Waals surface area (Å²) in [5, 5.41) is 5.06. The van der Waals surface area contributed by atoms with Crippen LogP contribution in [0.4, 0.5) is 11.6 Å². The second kappa shape index (κ2) is 8.45. The van der Waals surface area contributed by atoms with E-state index >= 15 is 0 Å². The topological polar surface area (TPSA) is 97.0 Å². The first kappa shape index (κ1) is 18.5. The predicted molar refractivity (Wildman–Crippen MR) is 111 cm³/mol. The minimum Gasteiger partial charge on any atom is -0.368 e. The van der Waals surface area contributed by atoms with Crippen LogP contribution in [0.1, 0.15) is 18.4 Å². The Hall–Kier alpha value is -2.84. The maximum atomic E-state index is 12.7. The summed E-state index contributed by atoms with van der Waals surface area (Å²) < 4.78 is 0. The number of thiazole rings is 1. The number of aromatic nitrogens is 3. The third-order valence-corrected chi connectivity index (χ3v) is 5.47. The third kappa shape index (κ3) is 4.52. The van der Waals surface area contributed by atoms with Crippen LogP contribution < -0.4 is 11.1 Å². The van der Waals surface area contributed by atoms with E-state index in [0.29, 0.717) is 0 Å². The fraction of sp³-hybridized carbons (Fsp3) is 0.300. The summed E-state index contributed by atoms with van der Waals surface area (Å²) in [5.74, 6) is 0.321. The second-order valence-corrected chi connectivity index (χ2v) is 7.68. The number of carbonyl (C=O) groups excluding carboxylic acids is 1. The standard InChI is InChI=1S/C20H22N6OS/c21-20-22-8-14(9-23-20)10-26-7-1-2-16(11-26)19(27)25-17-5-3-15(4-6-17)18-12-28-13-24-18/h3-6,8-9,12-13,16H,1-2,7,10-11H2,(H,25,27)(H2,21,22,23)/t16-/m0/s1. The second-order valence-electron chi connectivity index (χ2n) is 6.96. The number of nitrogen functional groups attached to an aromatic ring is 1. The van der Waals surface area contributed by atoms with Gasteiger partial charge in [0.05, 0.1) is 17.1 Å². The Bertz CT molecular complexity index is 911. The van der Waals surface area contributed by atoms with Crippen molar-refractivity contribution in [2.45, 2.75) is 19.4 Å². The lowest BCUT2D eigenvalue weighted by atomic mass is 9.96. The van der Waals surface area contributed by atoms with E-state index in [1.165, 1.54) is 0 Å². The SMILES string of the molecule is Nc1ncc(CN2CCC[C@H](C(=O)Nc3ccc(-c4cscn4)cc3)C2)cn1. The molecule has 7 nitrogen and oxygen atoms in total. The Kier molecular flexibility index (Phi) is 5.59. The minimum absolute atomic E-state index is 0.0262. The van der Waals surface area contributed by atoms with Gasteiger partial charge in [0.2, 0.25) is 11.9 Å². The highest BCUT2D eigenvalue weighted by atomic mass is 32.1. The minimum atomic E-state index is -0.0262. The molecule has 1 fully saturated rings. The van der Waals surface area contributed by atoms with E-state index < -0.39 is 0 Å². The summed E-state index contributed by atoms with van der Waals surface area (Å²) in [6.07, 6.45) is 5.39. The average molecular weight is 395 g/mol. The van der Waals surface area contributed by atoms with Gasteiger partial charge in [0, 0.05) is 47.7 Å². The predicted octanol–water partition coefficient (Wildman–Crippen LogP) is 3.03. The summed E-state index contributed by atoms with van der Waals surface area (Å²) in [4.78, 5) is 27.4. The maximum absolute atomic E-state index is 12.7. The van der Waals surface area contributed by atoms with Gasteiger partial charge in [-0.1, -0.05) is 12.1 Å². The lowest BCUT2D eigenvalue weighted by Crippen LogP contribution is -2.40. The molecule has 3 aromatic rings. The van der Waals surface area contributed by atoms with Gasteiger partial charge in [-0.25, -0.2) is 15.0 Å². The summed E-state index contributed by atoms with van der Waals surface area (Å²) in [6, 6.07) is 7.83. The number of likely N-dealkylation sites (tertiary alicyclic amines) is 1. The first-order valence-electron chi connectivity index (χ1n) is 9.25. The molecule has 1 saturated heterocycles. The molecule has 0 bridgehead atoms. The van der Waals surface area contributed by atoms with Crippen LogP contribution in [0.15, 0.2) is 47.5 Å². The van der Waals surface area contributed by atoms with Gasteiger partial charge < -0.3 is 11.1 Å². The molecule has 1 atom stereocenters. The van der Waals surface area contributed by atoms with E-state index in [1.54, 1.807) is 23.7 Å². The van der Waals surface area contributed by atoms with Gasteiger partial charge in [0.25, 0.3) is 0 Å². The molecule has 0 aliphatic carbocycles. The fourth-order valence-corrected chi connectivity index (χ4v) is 4.00. The van der Waals surface area contributed by atoms with Gasteiger partial charge >= 0.3 is 0 Å². The molecule has 8 heteroatoms. The molecular weight excluding hydrogens is 372 g/mol. The average Bonchev–Trinajstić information content (AvgIpc) is 3.25. The molecule has 1 aliphatic rings. The molecule has 4 rings (SSSR count). The number of nitrogens with zero attached hydrogens (tertiary/aromatic N) is 4. The van der Waals surface area contributed by atoms with E-state index in [0.717, 1.165) is 55.0 Å². The van der Waals surface area contributed by atoms with Crippen molar-refractivity contribution in [3.63, 3.8) is 0 Å². The highest BCUT2D eigenvalue weighted by Crippen LogP contribution is 2.23. The third-order valence-electron chi connectivity index (χ3n) is 4.89. The Morgan fingerprint density at radius 3 is 2.71 bits per heavy atom. The number of amides is 1. The number of rotatable bonds is 5. The zero-order valence-corrected chi connectivity index (χ0v) is 16.2. The van der Waals surface area contributed by atoms with Gasteiger partial charge in [-0.05, 0) is 31.5 Å². The largest absolute Gasteiger partial charge is 0.368 e. The molecule has 1 aliphatic heterocycles. The van der Waals surface area contributed by atoms with Crippen molar-refractivity contribution in [2.75, 3.05) is 24.1 Å². The zero-order valence-electron chi connectivity index (χ0n) is 15.4. The van der Waals surface area contributed by atoms with Crippen molar-refractivity contribution in [2.24, 2.45) is 5.92 Å². The molecule has 0 radical (unpaired) electrons. The molecule has 28 heavy (non-hydrogen) atoms. The smallest absolute Gasteiger partial charge is 0.228 e. The molecule has 3 N–H and O–H groups in total. The van der Waals surface area contributed by atoms with Gasteiger partial charge in [0.1, 0.15) is 0 Å². The fourth-order valence-electron chi connectivity index (χ4n) is 3.44. The van der Waals surface area contributed by atoms with Crippen molar-refractivity contribution in [1.82, 2.24) is 19.9 Å². The molecule has 1 aromatic carbocycles. The van der Waals surface area contributed by atoms with E-state index in [-0.39, 0.29) is 17.8 Å². The van der Waals surface area contributed by atoms with Crippen molar-refractivity contribution < 1.29 is 4.79 Å². The lowest BCUT2D eigenvalue weighted by molar-refractivity contribution is -0.121. The number of piperidine rings is 1. The monoisotopic (exact) mass is 394 g/mol. The Balaban J connectivity index is 1.34. The number of nitrogens with two attached hydrogens (primary N) is 1. The first-order chi connectivity index (χ1) is 13.7. The Labute approximate surface area is 167 Å². The van der Waals surface area contributed by atoms with Gasteiger partial charge in [-0.2, -0.15) is 0 Å². The first-order valence-corrected chi connectivity index (χ1v) is 10.2. The molecule has 0 spiro atoms. The van der Waals surface area contributed by atoms with Crippen LogP contribution in [-0.4, -0.2) is 38.8 Å². The number of hydrogen-bond acceptors (Lipinski definition) is 7. The Morgan fingerprint density at radius 2 is 2.00 bits per heavy atom. The molecule has 0 saturated carbocycles. The lowest BCUT2D eigenvalue weighted by Gasteiger charge is -2.31. The quantitative estimate of drug-likeness (QED) is 0.690. The normalized spacial score (nSPS) is 17.4. The van der Waals surface area contributed by atoms with Gasteiger partial charge in [-0.3, -0.25) is 9.69 Å². The number of hydrogen-bond donors (Lipinski definition) is 2. The zero-order chi connectivity index (χ0) is 19.3. The highest BCUT2D eigenvalue weighted by molar-refractivity contribution is 7.07. The molecular formula is C20H22N6OS. The number of anilines is 2. The van der Waals surface area contributed by atoms with Crippen LogP contribution >= 0.6 is 11.3 Å². The van der Waals surface area contributed by atoms with Crippen LogP contribution in [0.3, 0.4) is 0 Å². The summed E-state index contributed by atoms with van der Waals surface area (Å²) in [5.41, 5.74) is 11.2. The van der Waals surface area contributed by atoms with Crippen molar-refractivity contribution in [3.8, 4) is 11.3 Å². The summed E-state index contributed by atoms with van der Waals surface area (Å²) in [6.45, 7) is 2.43. The van der Waals surface area contributed by atoms with Crippen LogP contribution in [0, 0.1) is 5.92 Å². The molecule has 0 unspecified atom stereocenters. The molecule has 3 heterocycles. The van der Waals surface area contributed by atoms with Crippen LogP contribution in [0.5, 0.6) is 0 Å². The highest BCUT2D eigenvalue weighted by Gasteiger charge is 2.26. The van der Waals surface area contributed by atoms with Crippen LogP contribution in [-0.2, 0) is 11.3 Å². The van der Waals surface area contributed by atoms with Crippen molar-refractivity contribution in [3.05, 3.63) is 53.1 Å². The van der Waals surface area contributed by atoms with E-state index in [1.807, 2.05) is 35.2 Å². The van der Waals surface area contributed by atoms with E-state index in [2.05, 4.69) is 25.2 Å². The van der Waals surface area contributed by atoms with Crippen LogP contribution in [0.25, 0.3) is 11.3 Å². The maximum Gasteiger partial charge on any atom is 0.228 e. The van der Waals surface area contributed by atoms with Crippen LogP contribution in [0.2, 0.25) is 0 Å². The molecule has 144 valence electrons. The molecule has 2 aromatic heterocycles. The molecule has 1 amide bonds. The van der Waals surface area contributed by atoms with Gasteiger partial charge in [-0.15, -0.1) is 11.3 Å². The Morgan fingerprint density at radius 1 is 1.21 bits per heavy atom. The summed E-state index contributed by atoms with van der Waals surface area (Å²) >= 11 is 1.57. The van der Waals surface area contributed by atoms with E-state index in [4.69, 9.17) is 5.73 Å². The number of nitrogens with one attached hydrogen (secondary N) is 1. The number of benzene rings is 1.